The largest absolute Gasteiger partial charge is 0.378 e. The first-order valence-corrected chi connectivity index (χ1v) is 10.5. The normalized spacial score (nSPS) is 15.6. The first-order valence-electron chi connectivity index (χ1n) is 9.65. The Morgan fingerprint density at radius 2 is 1.71 bits per heavy atom. The second-order valence-corrected chi connectivity index (χ2v) is 8.28. The van der Waals surface area contributed by atoms with Crippen LogP contribution in [-0.2, 0) is 11.2 Å². The van der Waals surface area contributed by atoms with E-state index in [0.717, 1.165) is 49.7 Å². The predicted octanol–water partition coefficient (Wildman–Crippen LogP) is 5.04. The molecular formula is C24H22N2OS. The molecule has 0 amide bonds. The van der Waals surface area contributed by atoms with Crippen molar-refractivity contribution in [3.8, 4) is 0 Å². The first kappa shape index (κ1) is 17.5. The topological polar surface area (TPSA) is 25.4 Å². The Morgan fingerprint density at radius 3 is 2.54 bits per heavy atom. The molecular weight excluding hydrogens is 364 g/mol. The lowest BCUT2D eigenvalue weighted by Crippen LogP contribution is -2.36. The van der Waals surface area contributed by atoms with Gasteiger partial charge in [-0.3, -0.25) is 0 Å². The maximum atomic E-state index is 5.42. The molecule has 0 saturated carbocycles. The molecule has 140 valence electrons. The van der Waals surface area contributed by atoms with Gasteiger partial charge in [0.05, 0.1) is 13.2 Å². The van der Waals surface area contributed by atoms with Crippen molar-refractivity contribution >= 4 is 23.2 Å². The van der Waals surface area contributed by atoms with Gasteiger partial charge in [-0.05, 0) is 59.0 Å². The first-order chi connectivity index (χ1) is 13.8. The van der Waals surface area contributed by atoms with Gasteiger partial charge in [0.2, 0.25) is 0 Å². The number of nitrogens with zero attached hydrogens (tertiary/aromatic N) is 2. The van der Waals surface area contributed by atoms with Crippen molar-refractivity contribution in [3.05, 3.63) is 89.6 Å². The molecule has 0 bridgehead atoms. The molecule has 4 heteroatoms. The van der Waals surface area contributed by atoms with Crippen LogP contribution in [0.25, 0.3) is 5.57 Å². The van der Waals surface area contributed by atoms with Crippen molar-refractivity contribution in [1.29, 1.82) is 0 Å². The Labute approximate surface area is 170 Å². The van der Waals surface area contributed by atoms with Gasteiger partial charge >= 0.3 is 0 Å². The number of anilines is 1. The van der Waals surface area contributed by atoms with Crippen molar-refractivity contribution in [2.24, 2.45) is 0 Å². The van der Waals surface area contributed by atoms with Crippen LogP contribution in [0.1, 0.15) is 22.3 Å². The zero-order chi connectivity index (χ0) is 18.9. The van der Waals surface area contributed by atoms with Gasteiger partial charge in [-0.15, -0.1) is 0 Å². The third-order valence-corrected chi connectivity index (χ3v) is 6.65. The van der Waals surface area contributed by atoms with E-state index in [1.165, 1.54) is 26.5 Å². The molecule has 2 aliphatic heterocycles. The van der Waals surface area contributed by atoms with Gasteiger partial charge < -0.3 is 9.64 Å². The van der Waals surface area contributed by atoms with Gasteiger partial charge in [-0.25, -0.2) is 4.98 Å². The molecule has 0 spiro atoms. The summed E-state index contributed by atoms with van der Waals surface area (Å²) in [5.74, 6) is 1.01. The molecule has 0 aliphatic carbocycles. The van der Waals surface area contributed by atoms with Gasteiger partial charge in [0.25, 0.3) is 0 Å². The van der Waals surface area contributed by atoms with Gasteiger partial charge in [-0.1, -0.05) is 42.6 Å². The highest BCUT2D eigenvalue weighted by Crippen LogP contribution is 2.40. The highest BCUT2D eigenvalue weighted by atomic mass is 32.2. The fourth-order valence-corrected chi connectivity index (χ4v) is 4.84. The van der Waals surface area contributed by atoms with Crippen LogP contribution in [0.5, 0.6) is 0 Å². The summed E-state index contributed by atoms with van der Waals surface area (Å²) >= 11 is 1.86. The van der Waals surface area contributed by atoms with Crippen LogP contribution < -0.4 is 4.90 Å². The van der Waals surface area contributed by atoms with Crippen molar-refractivity contribution < 1.29 is 4.74 Å². The molecule has 2 aromatic carbocycles. The second kappa shape index (κ2) is 7.46. The maximum Gasteiger partial charge on any atom is 0.128 e. The number of hydrogen-bond donors (Lipinski definition) is 0. The minimum Gasteiger partial charge on any atom is -0.378 e. The van der Waals surface area contributed by atoms with Crippen LogP contribution in [-0.4, -0.2) is 31.3 Å². The number of aromatic nitrogens is 1. The van der Waals surface area contributed by atoms with Crippen LogP contribution in [0.15, 0.2) is 77.2 Å². The smallest absolute Gasteiger partial charge is 0.128 e. The summed E-state index contributed by atoms with van der Waals surface area (Å²) in [5, 5.41) is 0. The lowest BCUT2D eigenvalue weighted by atomic mass is 9.96. The lowest BCUT2D eigenvalue weighted by molar-refractivity contribution is 0.122. The summed E-state index contributed by atoms with van der Waals surface area (Å²) < 4.78 is 5.42. The van der Waals surface area contributed by atoms with Gasteiger partial charge in [0, 0.05) is 34.6 Å². The quantitative estimate of drug-likeness (QED) is 0.493. The Balaban J connectivity index is 1.37. The van der Waals surface area contributed by atoms with Crippen molar-refractivity contribution in [2.45, 2.75) is 16.2 Å². The molecule has 0 N–H and O–H groups in total. The predicted molar refractivity (Wildman–Crippen MR) is 115 cm³/mol. The third kappa shape index (κ3) is 3.34. The molecule has 1 fully saturated rings. The molecule has 3 heterocycles. The average molecular weight is 387 g/mol. The Kier molecular flexibility index (Phi) is 4.67. The zero-order valence-corrected chi connectivity index (χ0v) is 16.5. The molecule has 0 unspecified atom stereocenters. The van der Waals surface area contributed by atoms with Crippen LogP contribution in [0.4, 0.5) is 5.82 Å². The summed E-state index contributed by atoms with van der Waals surface area (Å²) in [5.41, 5.74) is 6.03. The lowest BCUT2D eigenvalue weighted by Gasteiger charge is -2.27. The molecule has 1 aromatic heterocycles. The van der Waals surface area contributed by atoms with E-state index < -0.39 is 0 Å². The zero-order valence-electron chi connectivity index (χ0n) is 15.7. The van der Waals surface area contributed by atoms with E-state index in [1.54, 1.807) is 0 Å². The van der Waals surface area contributed by atoms with E-state index in [9.17, 15) is 0 Å². The van der Waals surface area contributed by atoms with E-state index in [1.807, 2.05) is 18.0 Å². The summed E-state index contributed by atoms with van der Waals surface area (Å²) in [7, 11) is 0. The van der Waals surface area contributed by atoms with E-state index in [2.05, 4.69) is 71.1 Å². The summed E-state index contributed by atoms with van der Waals surface area (Å²) in [6.45, 7) is 7.69. The van der Waals surface area contributed by atoms with Gasteiger partial charge in [0.15, 0.2) is 0 Å². The maximum absolute atomic E-state index is 5.42. The summed E-state index contributed by atoms with van der Waals surface area (Å²) in [4.78, 5) is 9.65. The monoisotopic (exact) mass is 386 g/mol. The van der Waals surface area contributed by atoms with Crippen molar-refractivity contribution in [2.75, 3.05) is 31.2 Å². The molecule has 3 aromatic rings. The molecule has 1 saturated heterocycles. The molecule has 0 atom stereocenters. The van der Waals surface area contributed by atoms with Crippen LogP contribution in [0, 0.1) is 0 Å². The number of morpholine rings is 1. The Bertz CT molecular complexity index is 1020. The highest BCUT2D eigenvalue weighted by molar-refractivity contribution is 7.99. The van der Waals surface area contributed by atoms with E-state index >= 15 is 0 Å². The van der Waals surface area contributed by atoms with Crippen LogP contribution in [0.2, 0.25) is 0 Å². The van der Waals surface area contributed by atoms with Crippen molar-refractivity contribution in [1.82, 2.24) is 4.98 Å². The van der Waals surface area contributed by atoms with Crippen LogP contribution >= 0.6 is 11.8 Å². The van der Waals surface area contributed by atoms with Crippen molar-refractivity contribution in [3.63, 3.8) is 0 Å². The fraction of sp³-hybridized carbons (Fsp3) is 0.208. The molecule has 28 heavy (non-hydrogen) atoms. The van der Waals surface area contributed by atoms with E-state index in [0.29, 0.717) is 0 Å². The summed E-state index contributed by atoms with van der Waals surface area (Å²) in [6.07, 6.45) is 2.92. The minimum atomic E-state index is 0.770. The Morgan fingerprint density at radius 1 is 0.929 bits per heavy atom. The van der Waals surface area contributed by atoms with Gasteiger partial charge in [-0.2, -0.15) is 0 Å². The molecule has 3 nitrogen and oxygen atoms in total. The Hall–Kier alpha value is -2.56. The second-order valence-electron chi connectivity index (χ2n) is 7.19. The summed E-state index contributed by atoms with van der Waals surface area (Å²) in [6, 6.07) is 19.6. The number of ether oxygens (including phenoxy) is 1. The van der Waals surface area contributed by atoms with E-state index in [-0.39, 0.29) is 0 Å². The molecule has 5 rings (SSSR count). The number of fused-ring (bicyclic) bond motifs is 2. The standard InChI is InChI=1S/C24H22N2OS/c1-17(20-7-9-24(25-16-20)26-10-12-27-13-11-26)18-6-8-23-21(14-18)15-19-4-2-3-5-22(19)28-23/h2-9,14,16H,1,10-13,15H2. The average Bonchev–Trinajstić information content (AvgIpc) is 2.77. The number of hydrogen-bond acceptors (Lipinski definition) is 4. The third-order valence-electron chi connectivity index (χ3n) is 5.41. The van der Waals surface area contributed by atoms with Gasteiger partial charge in [0.1, 0.15) is 5.82 Å². The number of benzene rings is 2. The minimum absolute atomic E-state index is 0.770. The number of rotatable bonds is 3. The van der Waals surface area contributed by atoms with Crippen LogP contribution in [0.3, 0.4) is 0 Å². The van der Waals surface area contributed by atoms with E-state index in [4.69, 9.17) is 4.74 Å². The fourth-order valence-electron chi connectivity index (χ4n) is 3.79. The number of pyridine rings is 1. The highest BCUT2D eigenvalue weighted by Gasteiger charge is 2.17. The SMILES string of the molecule is C=C(c1ccc(N2CCOCC2)nc1)c1ccc2c(c1)Cc1ccccc1S2. The molecule has 2 aliphatic rings. The molecule has 0 radical (unpaired) electrons.